The smallest absolute Gasteiger partial charge is 0.191 e. The summed E-state index contributed by atoms with van der Waals surface area (Å²) in [6.07, 6.45) is 4.98. The first-order valence-corrected chi connectivity index (χ1v) is 7.67. The average Bonchev–Trinajstić information content (AvgIpc) is 2.59. The predicted molar refractivity (Wildman–Crippen MR) is 95.4 cm³/mol. The van der Waals surface area contributed by atoms with E-state index in [0.29, 0.717) is 11.3 Å². The minimum Gasteiger partial charge on any atom is -0.504 e. The van der Waals surface area contributed by atoms with Crippen LogP contribution in [0.4, 0.5) is 0 Å². The summed E-state index contributed by atoms with van der Waals surface area (Å²) in [6.45, 7) is 7.43. The molecule has 0 aromatic heterocycles. The van der Waals surface area contributed by atoms with Crippen molar-refractivity contribution in [2.45, 2.75) is 19.4 Å². The molecule has 24 heavy (non-hydrogen) atoms. The van der Waals surface area contributed by atoms with Gasteiger partial charge in [-0.05, 0) is 42.0 Å². The van der Waals surface area contributed by atoms with Crippen molar-refractivity contribution in [2.24, 2.45) is 0 Å². The SMILES string of the molecule is C=Cc1c(C)c(O)c(OC)c2c3c(ccc12)C(C)(OC)C(=O)C=C3. The zero-order valence-corrected chi connectivity index (χ0v) is 14.3. The average molecular weight is 324 g/mol. The Kier molecular flexibility index (Phi) is 3.73. The maximum atomic E-state index is 12.3. The van der Waals surface area contributed by atoms with Crippen LogP contribution in [-0.2, 0) is 15.1 Å². The number of carbonyl (C=O) groups excluding carboxylic acids is 1. The first-order valence-electron chi connectivity index (χ1n) is 7.67. The van der Waals surface area contributed by atoms with Crippen molar-refractivity contribution in [2.75, 3.05) is 14.2 Å². The molecule has 3 rings (SSSR count). The first-order chi connectivity index (χ1) is 11.4. The number of carbonyl (C=O) groups is 1. The standard InChI is InChI=1S/C20H20O4/c1-6-12-11(2)18(22)19(23-4)17-13(12)7-9-15-14(17)8-10-16(21)20(15,3)24-5/h6-10,22H,1H2,2-5H3. The molecule has 0 fully saturated rings. The van der Waals surface area contributed by atoms with Crippen LogP contribution in [0.25, 0.3) is 22.9 Å². The molecule has 0 heterocycles. The molecule has 4 heteroatoms. The fraction of sp³-hybridized carbons (Fsp3) is 0.250. The molecular weight excluding hydrogens is 304 g/mol. The number of ketones is 1. The monoisotopic (exact) mass is 324 g/mol. The highest BCUT2D eigenvalue weighted by Crippen LogP contribution is 2.47. The molecule has 0 saturated carbocycles. The summed E-state index contributed by atoms with van der Waals surface area (Å²) in [5.41, 5.74) is 2.06. The quantitative estimate of drug-likeness (QED) is 0.928. The Morgan fingerprint density at radius 2 is 1.96 bits per heavy atom. The Balaban J connectivity index is 2.55. The third-order valence-corrected chi connectivity index (χ3v) is 4.94. The third-order valence-electron chi connectivity index (χ3n) is 4.94. The number of phenolic OH excluding ortho intramolecular Hbond substituents is 1. The Hall–Kier alpha value is -2.59. The lowest BCUT2D eigenvalue weighted by atomic mass is 9.80. The van der Waals surface area contributed by atoms with E-state index in [2.05, 4.69) is 6.58 Å². The van der Waals surface area contributed by atoms with Crippen molar-refractivity contribution >= 4 is 28.7 Å². The second-order valence-corrected chi connectivity index (χ2v) is 6.01. The van der Waals surface area contributed by atoms with Gasteiger partial charge in [0.05, 0.1) is 7.11 Å². The van der Waals surface area contributed by atoms with Gasteiger partial charge < -0.3 is 14.6 Å². The number of aromatic hydroxyl groups is 1. The Bertz CT molecular complexity index is 908. The van der Waals surface area contributed by atoms with Crippen LogP contribution in [0.2, 0.25) is 0 Å². The summed E-state index contributed by atoms with van der Waals surface area (Å²) in [5.74, 6) is 0.358. The van der Waals surface area contributed by atoms with Crippen molar-refractivity contribution in [1.29, 1.82) is 0 Å². The highest BCUT2D eigenvalue weighted by Gasteiger charge is 2.38. The Morgan fingerprint density at radius 1 is 1.25 bits per heavy atom. The highest BCUT2D eigenvalue weighted by atomic mass is 16.5. The summed E-state index contributed by atoms with van der Waals surface area (Å²) in [4.78, 5) is 12.3. The lowest BCUT2D eigenvalue weighted by molar-refractivity contribution is -0.135. The van der Waals surface area contributed by atoms with E-state index >= 15 is 0 Å². The zero-order chi connectivity index (χ0) is 17.6. The molecule has 0 saturated heterocycles. The van der Waals surface area contributed by atoms with Crippen LogP contribution in [0.5, 0.6) is 11.5 Å². The first kappa shape index (κ1) is 16.3. The molecular formula is C20H20O4. The number of ether oxygens (including phenoxy) is 2. The van der Waals surface area contributed by atoms with Gasteiger partial charge in [0.2, 0.25) is 0 Å². The van der Waals surface area contributed by atoms with Gasteiger partial charge >= 0.3 is 0 Å². The van der Waals surface area contributed by atoms with E-state index in [9.17, 15) is 9.90 Å². The predicted octanol–water partition coefficient (Wildman–Crippen LogP) is 3.96. The number of hydrogen-bond acceptors (Lipinski definition) is 4. The van der Waals surface area contributed by atoms with Crippen LogP contribution in [0, 0.1) is 6.92 Å². The maximum Gasteiger partial charge on any atom is 0.191 e. The fourth-order valence-corrected chi connectivity index (χ4v) is 3.42. The van der Waals surface area contributed by atoms with Crippen LogP contribution >= 0.6 is 0 Å². The third kappa shape index (κ3) is 1.93. The van der Waals surface area contributed by atoms with Crippen molar-refractivity contribution in [3.05, 3.63) is 47.0 Å². The van der Waals surface area contributed by atoms with Gasteiger partial charge in [0.1, 0.15) is 0 Å². The molecule has 1 aliphatic rings. The number of rotatable bonds is 3. The van der Waals surface area contributed by atoms with Crippen LogP contribution in [-0.4, -0.2) is 25.1 Å². The molecule has 1 unspecified atom stereocenters. The van der Waals surface area contributed by atoms with Gasteiger partial charge in [-0.25, -0.2) is 0 Å². The van der Waals surface area contributed by atoms with E-state index in [-0.39, 0.29) is 11.5 Å². The van der Waals surface area contributed by atoms with Crippen molar-refractivity contribution in [3.8, 4) is 11.5 Å². The van der Waals surface area contributed by atoms with E-state index < -0.39 is 5.60 Å². The molecule has 1 N–H and O–H groups in total. The number of fused-ring (bicyclic) bond motifs is 3. The largest absolute Gasteiger partial charge is 0.504 e. The summed E-state index contributed by atoms with van der Waals surface area (Å²) < 4.78 is 11.0. The van der Waals surface area contributed by atoms with Gasteiger partial charge in [0, 0.05) is 18.1 Å². The minimum atomic E-state index is -1.06. The van der Waals surface area contributed by atoms with Crippen LogP contribution in [0.1, 0.15) is 29.2 Å². The second kappa shape index (κ2) is 5.49. The van der Waals surface area contributed by atoms with Gasteiger partial charge in [0.25, 0.3) is 0 Å². The zero-order valence-electron chi connectivity index (χ0n) is 14.3. The molecule has 0 spiro atoms. The molecule has 0 radical (unpaired) electrons. The van der Waals surface area contributed by atoms with E-state index in [0.717, 1.165) is 27.5 Å². The molecule has 0 aliphatic heterocycles. The lowest BCUT2D eigenvalue weighted by Gasteiger charge is -2.31. The Labute approximate surface area is 141 Å². The number of phenols is 1. The van der Waals surface area contributed by atoms with Crippen molar-refractivity contribution in [1.82, 2.24) is 0 Å². The normalized spacial score (nSPS) is 19.4. The van der Waals surface area contributed by atoms with Crippen LogP contribution in [0.15, 0.2) is 24.8 Å². The molecule has 124 valence electrons. The number of methoxy groups -OCH3 is 2. The highest BCUT2D eigenvalue weighted by molar-refractivity contribution is 6.11. The van der Waals surface area contributed by atoms with Gasteiger partial charge in [0.15, 0.2) is 22.9 Å². The number of hydrogen-bond donors (Lipinski definition) is 1. The van der Waals surface area contributed by atoms with Gasteiger partial charge in [-0.2, -0.15) is 0 Å². The fourth-order valence-electron chi connectivity index (χ4n) is 3.42. The molecule has 1 atom stereocenters. The van der Waals surface area contributed by atoms with E-state index in [1.165, 1.54) is 20.3 Å². The molecule has 4 nitrogen and oxygen atoms in total. The van der Waals surface area contributed by atoms with E-state index in [4.69, 9.17) is 9.47 Å². The van der Waals surface area contributed by atoms with Crippen molar-refractivity contribution < 1.29 is 19.4 Å². The van der Waals surface area contributed by atoms with E-state index in [1.54, 1.807) is 19.1 Å². The molecule has 1 aliphatic carbocycles. The second-order valence-electron chi connectivity index (χ2n) is 6.01. The lowest BCUT2D eigenvalue weighted by Crippen LogP contribution is -2.36. The summed E-state index contributed by atoms with van der Waals surface area (Å²) >= 11 is 0. The molecule has 0 bridgehead atoms. The minimum absolute atomic E-state index is 0.0812. The summed E-state index contributed by atoms with van der Waals surface area (Å²) in [6, 6.07) is 3.81. The van der Waals surface area contributed by atoms with Gasteiger partial charge in [-0.15, -0.1) is 0 Å². The molecule has 2 aromatic rings. The molecule has 0 amide bonds. The van der Waals surface area contributed by atoms with Gasteiger partial charge in [-0.3, -0.25) is 4.79 Å². The van der Waals surface area contributed by atoms with Crippen molar-refractivity contribution in [3.63, 3.8) is 0 Å². The van der Waals surface area contributed by atoms with Crippen LogP contribution < -0.4 is 4.74 Å². The topological polar surface area (TPSA) is 55.8 Å². The Morgan fingerprint density at radius 3 is 2.54 bits per heavy atom. The van der Waals surface area contributed by atoms with Gasteiger partial charge in [-0.1, -0.05) is 30.9 Å². The summed E-state index contributed by atoms with van der Waals surface area (Å²) in [7, 11) is 3.04. The maximum absolute atomic E-state index is 12.3. The van der Waals surface area contributed by atoms with Crippen LogP contribution in [0.3, 0.4) is 0 Å². The summed E-state index contributed by atoms with van der Waals surface area (Å²) in [5, 5.41) is 12.2. The van der Waals surface area contributed by atoms with E-state index in [1.807, 2.05) is 19.1 Å². The molecule has 2 aromatic carbocycles. The number of benzene rings is 2.